The van der Waals surface area contributed by atoms with Gasteiger partial charge in [-0.3, -0.25) is 9.69 Å². The van der Waals surface area contributed by atoms with Gasteiger partial charge in [-0.1, -0.05) is 36.4 Å². The summed E-state index contributed by atoms with van der Waals surface area (Å²) in [5.41, 5.74) is 1.35. The quantitative estimate of drug-likeness (QED) is 0.665. The predicted octanol–water partition coefficient (Wildman–Crippen LogP) is 4.51. The number of carbonyl (C=O) groups excluding carboxylic acids is 1. The van der Waals surface area contributed by atoms with E-state index in [4.69, 9.17) is 0 Å². The van der Waals surface area contributed by atoms with Crippen LogP contribution in [0.5, 0.6) is 0 Å². The van der Waals surface area contributed by atoms with Gasteiger partial charge < -0.3 is 5.32 Å². The summed E-state index contributed by atoms with van der Waals surface area (Å²) in [4.78, 5) is 21.2. The molecule has 2 aromatic heterocycles. The average Bonchev–Trinajstić information content (AvgIpc) is 3.39. The molecule has 4 nitrogen and oxygen atoms in total. The molecule has 0 radical (unpaired) electrons. The molecule has 6 heteroatoms. The van der Waals surface area contributed by atoms with Gasteiger partial charge in [-0.25, -0.2) is 4.98 Å². The lowest BCUT2D eigenvalue weighted by Gasteiger charge is -2.32. The summed E-state index contributed by atoms with van der Waals surface area (Å²) in [6.07, 6.45) is 4.06. The number of aromatic nitrogens is 1. The Hall–Kier alpha value is -2.02. The Bertz CT molecular complexity index is 861. The molecule has 1 atom stereocenters. The minimum Gasteiger partial charge on any atom is -0.351 e. The highest BCUT2D eigenvalue weighted by Gasteiger charge is 2.21. The monoisotopic (exact) mass is 397 g/mol. The summed E-state index contributed by atoms with van der Waals surface area (Å²) in [5.74, 6) is 0.506. The van der Waals surface area contributed by atoms with E-state index in [1.807, 2.05) is 17.5 Å². The number of rotatable bonds is 6. The summed E-state index contributed by atoms with van der Waals surface area (Å²) in [6.45, 7) is 3.90. The molecule has 4 rings (SSSR count). The number of piperidine rings is 1. The van der Waals surface area contributed by atoms with E-state index in [-0.39, 0.29) is 5.91 Å². The summed E-state index contributed by atoms with van der Waals surface area (Å²) < 4.78 is 0. The lowest BCUT2D eigenvalue weighted by Crippen LogP contribution is -2.40. The molecule has 3 heterocycles. The van der Waals surface area contributed by atoms with E-state index in [0.29, 0.717) is 10.8 Å². The molecule has 27 heavy (non-hydrogen) atoms. The van der Waals surface area contributed by atoms with Gasteiger partial charge in [-0.15, -0.1) is 22.7 Å². The molecule has 1 N–H and O–H groups in total. The average molecular weight is 398 g/mol. The highest BCUT2D eigenvalue weighted by atomic mass is 32.1. The zero-order valence-corrected chi connectivity index (χ0v) is 16.8. The lowest BCUT2D eigenvalue weighted by atomic mass is 9.97. The van der Waals surface area contributed by atoms with Crippen LogP contribution < -0.4 is 5.32 Å². The van der Waals surface area contributed by atoms with Gasteiger partial charge in [0.25, 0.3) is 5.91 Å². The predicted molar refractivity (Wildman–Crippen MR) is 112 cm³/mol. The van der Waals surface area contributed by atoms with Crippen molar-refractivity contribution in [3.8, 4) is 9.88 Å². The first-order valence-electron chi connectivity index (χ1n) is 9.32. The zero-order chi connectivity index (χ0) is 18.5. The number of thiazole rings is 1. The number of likely N-dealkylation sites (tertiary alicyclic amines) is 1. The van der Waals surface area contributed by atoms with E-state index in [1.165, 1.54) is 29.7 Å². The second kappa shape index (κ2) is 8.78. The van der Waals surface area contributed by atoms with Crippen molar-refractivity contribution in [2.45, 2.75) is 19.4 Å². The maximum absolute atomic E-state index is 12.5. The molecule has 1 saturated heterocycles. The van der Waals surface area contributed by atoms with Gasteiger partial charge in [0.2, 0.25) is 0 Å². The van der Waals surface area contributed by atoms with Gasteiger partial charge in [0.15, 0.2) is 0 Å². The Kier molecular flexibility index (Phi) is 5.97. The Morgan fingerprint density at radius 1 is 1.22 bits per heavy atom. The number of amides is 1. The number of carbonyl (C=O) groups is 1. The molecule has 140 valence electrons. The summed E-state index contributed by atoms with van der Waals surface area (Å²) in [7, 11) is 0. The fraction of sp³-hybridized carbons (Fsp3) is 0.333. The third kappa shape index (κ3) is 4.83. The van der Waals surface area contributed by atoms with Crippen LogP contribution in [0.25, 0.3) is 9.88 Å². The highest BCUT2D eigenvalue weighted by Crippen LogP contribution is 2.28. The van der Waals surface area contributed by atoms with Crippen molar-refractivity contribution in [3.63, 3.8) is 0 Å². The molecule has 1 aromatic carbocycles. The summed E-state index contributed by atoms with van der Waals surface area (Å²) in [6, 6.07) is 14.6. The molecule has 0 spiro atoms. The second-order valence-corrected chi connectivity index (χ2v) is 8.92. The maximum Gasteiger partial charge on any atom is 0.263 e. The van der Waals surface area contributed by atoms with Gasteiger partial charge in [0, 0.05) is 19.6 Å². The van der Waals surface area contributed by atoms with Gasteiger partial charge in [0.05, 0.1) is 11.1 Å². The fourth-order valence-corrected chi connectivity index (χ4v) is 5.16. The van der Waals surface area contributed by atoms with Crippen molar-refractivity contribution in [2.75, 3.05) is 19.6 Å². The van der Waals surface area contributed by atoms with Gasteiger partial charge in [-0.05, 0) is 42.3 Å². The van der Waals surface area contributed by atoms with Crippen molar-refractivity contribution in [1.82, 2.24) is 15.2 Å². The van der Waals surface area contributed by atoms with E-state index in [1.54, 1.807) is 17.5 Å². The number of hydrogen-bond acceptors (Lipinski definition) is 5. The third-order valence-electron chi connectivity index (χ3n) is 4.86. The van der Waals surface area contributed by atoms with Crippen LogP contribution in [-0.4, -0.2) is 35.4 Å². The first-order chi connectivity index (χ1) is 13.3. The molecule has 1 amide bonds. The summed E-state index contributed by atoms with van der Waals surface area (Å²) in [5, 5.41) is 6.07. The normalized spacial score (nSPS) is 17.7. The number of thiophene rings is 1. The Morgan fingerprint density at radius 2 is 2.11 bits per heavy atom. The molecule has 1 aliphatic rings. The minimum atomic E-state index is -0.00418. The summed E-state index contributed by atoms with van der Waals surface area (Å²) >= 11 is 3.11. The van der Waals surface area contributed by atoms with E-state index >= 15 is 0 Å². The maximum atomic E-state index is 12.5. The molecule has 1 fully saturated rings. The molecule has 1 unspecified atom stereocenters. The van der Waals surface area contributed by atoms with Crippen LogP contribution in [-0.2, 0) is 6.54 Å². The molecular weight excluding hydrogens is 374 g/mol. The van der Waals surface area contributed by atoms with Crippen molar-refractivity contribution in [2.24, 2.45) is 5.92 Å². The number of nitrogens with zero attached hydrogens (tertiary/aromatic N) is 2. The third-order valence-corrected chi connectivity index (χ3v) is 6.90. The zero-order valence-electron chi connectivity index (χ0n) is 15.1. The fourth-order valence-electron chi connectivity index (χ4n) is 3.52. The van der Waals surface area contributed by atoms with Gasteiger partial charge in [0.1, 0.15) is 9.88 Å². The Morgan fingerprint density at radius 3 is 2.93 bits per heavy atom. The van der Waals surface area contributed by atoms with Crippen LogP contribution in [0.1, 0.15) is 28.1 Å². The molecule has 0 aliphatic carbocycles. The van der Waals surface area contributed by atoms with Crippen molar-refractivity contribution >= 4 is 28.6 Å². The minimum absolute atomic E-state index is 0.00418. The Labute approximate surface area is 167 Å². The molecule has 0 saturated carbocycles. The van der Waals surface area contributed by atoms with Gasteiger partial charge in [-0.2, -0.15) is 0 Å². The molecular formula is C21H23N3OS2. The first-order valence-corrected chi connectivity index (χ1v) is 11.0. The van der Waals surface area contributed by atoms with Crippen LogP contribution in [0.3, 0.4) is 0 Å². The highest BCUT2D eigenvalue weighted by molar-refractivity contribution is 7.21. The molecule has 3 aromatic rings. The standard InChI is InChI=1S/C21H23N3OS2/c25-20(19-13-23-21(27-19)18-9-5-11-26-18)22-12-17-8-4-10-24(15-17)14-16-6-2-1-3-7-16/h1-3,5-7,9,11,13,17H,4,8,10,12,14-15H2,(H,22,25). The topological polar surface area (TPSA) is 45.2 Å². The van der Waals surface area contributed by atoms with Crippen LogP contribution in [0.2, 0.25) is 0 Å². The largest absolute Gasteiger partial charge is 0.351 e. The van der Waals surface area contributed by atoms with Crippen molar-refractivity contribution in [1.29, 1.82) is 0 Å². The van der Waals surface area contributed by atoms with Crippen LogP contribution in [0, 0.1) is 5.92 Å². The molecule has 0 bridgehead atoms. The molecule has 1 aliphatic heterocycles. The second-order valence-electron chi connectivity index (χ2n) is 6.95. The SMILES string of the molecule is O=C(NCC1CCCN(Cc2ccccc2)C1)c1cnc(-c2cccs2)s1. The van der Waals surface area contributed by atoms with E-state index in [0.717, 1.165) is 36.1 Å². The van der Waals surface area contributed by atoms with Crippen molar-refractivity contribution < 1.29 is 4.79 Å². The van der Waals surface area contributed by atoms with E-state index < -0.39 is 0 Å². The smallest absolute Gasteiger partial charge is 0.263 e. The van der Waals surface area contributed by atoms with Gasteiger partial charge >= 0.3 is 0 Å². The first kappa shape index (κ1) is 18.3. The lowest BCUT2D eigenvalue weighted by molar-refractivity contribution is 0.0934. The van der Waals surface area contributed by atoms with Crippen molar-refractivity contribution in [3.05, 3.63) is 64.5 Å². The van der Waals surface area contributed by atoms with Crippen LogP contribution in [0.15, 0.2) is 54.0 Å². The van der Waals surface area contributed by atoms with Crippen LogP contribution >= 0.6 is 22.7 Å². The Balaban J connectivity index is 1.28. The number of hydrogen-bond donors (Lipinski definition) is 1. The van der Waals surface area contributed by atoms with E-state index in [2.05, 4.69) is 45.5 Å². The number of nitrogens with one attached hydrogen (secondary N) is 1. The van der Waals surface area contributed by atoms with Crippen LogP contribution in [0.4, 0.5) is 0 Å². The number of benzene rings is 1. The van der Waals surface area contributed by atoms with E-state index in [9.17, 15) is 4.79 Å².